The van der Waals surface area contributed by atoms with Gasteiger partial charge in [0.25, 0.3) is 5.91 Å². The maximum atomic E-state index is 12.7. The number of hydrogen-bond donors (Lipinski definition) is 1. The highest BCUT2D eigenvalue weighted by Crippen LogP contribution is 2.27. The van der Waals surface area contributed by atoms with E-state index in [0.29, 0.717) is 30.5 Å². The number of carbonyl (C=O) groups excluding carboxylic acids is 1. The minimum Gasteiger partial charge on any atom is -0.495 e. The number of amides is 1. The number of nitrogens with one attached hydrogen (secondary N) is 1. The van der Waals surface area contributed by atoms with E-state index in [1.54, 1.807) is 11.0 Å². The normalized spacial score (nSPS) is 22.0. The molecule has 1 N–H and O–H groups in total. The summed E-state index contributed by atoms with van der Waals surface area (Å²) in [5, 5.41) is 0. The van der Waals surface area contributed by atoms with E-state index in [0.717, 1.165) is 6.42 Å². The number of hydrogen-bond acceptors (Lipinski definition) is 4. The maximum Gasteiger partial charge on any atom is 0.253 e. The van der Waals surface area contributed by atoms with Gasteiger partial charge < -0.3 is 9.64 Å². The third kappa shape index (κ3) is 3.84. The van der Waals surface area contributed by atoms with Crippen LogP contribution in [0.4, 0.5) is 0 Å². The van der Waals surface area contributed by atoms with Crippen LogP contribution in [-0.2, 0) is 10.0 Å². The van der Waals surface area contributed by atoms with Crippen LogP contribution in [0.2, 0.25) is 0 Å². The van der Waals surface area contributed by atoms with Gasteiger partial charge in [-0.15, -0.1) is 0 Å². The van der Waals surface area contributed by atoms with E-state index in [9.17, 15) is 13.2 Å². The molecule has 1 aromatic rings. The van der Waals surface area contributed by atoms with E-state index in [4.69, 9.17) is 4.74 Å². The molecule has 23 heavy (non-hydrogen) atoms. The molecule has 2 rings (SSSR count). The van der Waals surface area contributed by atoms with Crippen LogP contribution in [0.3, 0.4) is 0 Å². The lowest BCUT2D eigenvalue weighted by Crippen LogP contribution is -2.42. The summed E-state index contributed by atoms with van der Waals surface area (Å²) in [4.78, 5) is 14.5. The summed E-state index contributed by atoms with van der Waals surface area (Å²) >= 11 is 0. The van der Waals surface area contributed by atoms with Gasteiger partial charge in [0.1, 0.15) is 10.6 Å². The van der Waals surface area contributed by atoms with Gasteiger partial charge in [-0.2, -0.15) is 0 Å². The first kappa shape index (κ1) is 17.7. The smallest absolute Gasteiger partial charge is 0.253 e. The number of sulfonamides is 1. The fourth-order valence-corrected chi connectivity index (χ4v) is 4.06. The van der Waals surface area contributed by atoms with Crippen molar-refractivity contribution in [2.24, 2.45) is 11.8 Å². The summed E-state index contributed by atoms with van der Waals surface area (Å²) in [7, 11) is -0.962. The molecular weight excluding hydrogens is 316 g/mol. The molecule has 1 aliphatic heterocycles. The Morgan fingerprint density at radius 3 is 2.39 bits per heavy atom. The first-order valence-electron chi connectivity index (χ1n) is 7.69. The first-order chi connectivity index (χ1) is 10.8. The van der Waals surface area contributed by atoms with Crippen LogP contribution < -0.4 is 9.46 Å². The van der Waals surface area contributed by atoms with Gasteiger partial charge in [-0.05, 0) is 43.5 Å². The van der Waals surface area contributed by atoms with Crippen molar-refractivity contribution in [1.29, 1.82) is 0 Å². The highest BCUT2D eigenvalue weighted by atomic mass is 32.2. The molecule has 0 radical (unpaired) electrons. The van der Waals surface area contributed by atoms with Crippen molar-refractivity contribution in [2.45, 2.75) is 25.2 Å². The van der Waals surface area contributed by atoms with Crippen LogP contribution in [0.15, 0.2) is 23.1 Å². The Labute approximate surface area is 137 Å². The molecule has 1 saturated heterocycles. The molecule has 2 atom stereocenters. The minimum absolute atomic E-state index is 0.0218. The van der Waals surface area contributed by atoms with Gasteiger partial charge in [0.15, 0.2) is 0 Å². The monoisotopic (exact) mass is 340 g/mol. The first-order valence-corrected chi connectivity index (χ1v) is 9.17. The summed E-state index contributed by atoms with van der Waals surface area (Å²) in [5.74, 6) is 0.970. The molecule has 0 aromatic heterocycles. The van der Waals surface area contributed by atoms with Crippen LogP contribution >= 0.6 is 0 Å². The highest BCUT2D eigenvalue weighted by Gasteiger charge is 2.27. The third-order valence-corrected chi connectivity index (χ3v) is 5.56. The third-order valence-electron chi connectivity index (χ3n) is 4.12. The fourth-order valence-electron chi connectivity index (χ4n) is 3.14. The second-order valence-electron chi connectivity index (χ2n) is 6.23. The molecule has 7 heteroatoms. The summed E-state index contributed by atoms with van der Waals surface area (Å²) in [6.45, 7) is 5.65. The largest absolute Gasteiger partial charge is 0.495 e. The fraction of sp³-hybridized carbons (Fsp3) is 0.562. The van der Waals surface area contributed by atoms with E-state index >= 15 is 0 Å². The zero-order valence-electron chi connectivity index (χ0n) is 14.0. The number of carbonyl (C=O) groups is 1. The Bertz CT molecular complexity index is 677. The lowest BCUT2D eigenvalue weighted by molar-refractivity contribution is 0.0623. The van der Waals surface area contributed by atoms with Gasteiger partial charge in [0, 0.05) is 18.7 Å². The highest BCUT2D eigenvalue weighted by molar-refractivity contribution is 7.89. The Kier molecular flexibility index (Phi) is 5.31. The lowest BCUT2D eigenvalue weighted by atomic mass is 9.91. The number of benzene rings is 1. The van der Waals surface area contributed by atoms with E-state index in [2.05, 4.69) is 18.6 Å². The summed E-state index contributed by atoms with van der Waals surface area (Å²) < 4.78 is 31.6. The van der Waals surface area contributed by atoms with Crippen molar-refractivity contribution in [3.63, 3.8) is 0 Å². The van der Waals surface area contributed by atoms with Crippen molar-refractivity contribution in [2.75, 3.05) is 27.2 Å². The zero-order chi connectivity index (χ0) is 17.2. The molecule has 6 nitrogen and oxygen atoms in total. The van der Waals surface area contributed by atoms with E-state index in [-0.39, 0.29) is 16.6 Å². The zero-order valence-corrected chi connectivity index (χ0v) is 14.8. The molecule has 0 saturated carbocycles. The van der Waals surface area contributed by atoms with E-state index in [1.807, 2.05) is 0 Å². The number of nitrogens with zero attached hydrogens (tertiary/aromatic N) is 1. The van der Waals surface area contributed by atoms with Crippen molar-refractivity contribution >= 4 is 15.9 Å². The molecule has 128 valence electrons. The van der Waals surface area contributed by atoms with Gasteiger partial charge in [-0.25, -0.2) is 13.1 Å². The van der Waals surface area contributed by atoms with Crippen LogP contribution in [-0.4, -0.2) is 46.5 Å². The second-order valence-corrected chi connectivity index (χ2v) is 8.08. The molecule has 0 aliphatic carbocycles. The van der Waals surface area contributed by atoms with Crippen molar-refractivity contribution < 1.29 is 17.9 Å². The predicted octanol–water partition coefficient (Wildman–Crippen LogP) is 1.72. The number of methoxy groups -OCH3 is 1. The molecule has 1 amide bonds. The van der Waals surface area contributed by atoms with Gasteiger partial charge in [0.05, 0.1) is 7.11 Å². The van der Waals surface area contributed by atoms with Gasteiger partial charge in [-0.1, -0.05) is 13.8 Å². The number of ether oxygens (including phenoxy) is 1. The lowest BCUT2D eigenvalue weighted by Gasteiger charge is -2.35. The van der Waals surface area contributed by atoms with Crippen LogP contribution in [0.1, 0.15) is 30.6 Å². The Morgan fingerprint density at radius 2 is 1.87 bits per heavy atom. The molecule has 1 fully saturated rings. The van der Waals surface area contributed by atoms with Gasteiger partial charge in [-0.3, -0.25) is 4.79 Å². The van der Waals surface area contributed by atoms with E-state index < -0.39 is 10.0 Å². The molecular formula is C16H24N2O4S. The van der Waals surface area contributed by atoms with Crippen LogP contribution in [0.5, 0.6) is 5.75 Å². The Hall–Kier alpha value is -1.60. The predicted molar refractivity (Wildman–Crippen MR) is 88.1 cm³/mol. The molecule has 1 aliphatic rings. The van der Waals surface area contributed by atoms with Crippen molar-refractivity contribution in [3.8, 4) is 5.75 Å². The van der Waals surface area contributed by atoms with Crippen LogP contribution in [0, 0.1) is 11.8 Å². The maximum absolute atomic E-state index is 12.7. The molecule has 1 heterocycles. The molecule has 1 aromatic carbocycles. The van der Waals surface area contributed by atoms with Gasteiger partial charge >= 0.3 is 0 Å². The number of rotatable bonds is 4. The molecule has 2 unspecified atom stereocenters. The summed E-state index contributed by atoms with van der Waals surface area (Å²) in [6.07, 6.45) is 1.10. The van der Waals surface area contributed by atoms with Gasteiger partial charge in [0.2, 0.25) is 10.0 Å². The van der Waals surface area contributed by atoms with E-state index in [1.165, 1.54) is 26.3 Å². The quantitative estimate of drug-likeness (QED) is 0.905. The Balaban J connectivity index is 2.36. The standard InChI is InChI=1S/C16H24N2O4S/c1-11-7-12(2)10-18(9-11)16(19)13-5-6-14(22-4)15(8-13)23(20,21)17-3/h5-6,8,11-12,17H,7,9-10H2,1-4H3. The molecule has 0 bridgehead atoms. The van der Waals surface area contributed by atoms with Crippen LogP contribution in [0.25, 0.3) is 0 Å². The summed E-state index contributed by atoms with van der Waals surface area (Å²) in [5.41, 5.74) is 0.362. The molecule has 0 spiro atoms. The average Bonchev–Trinajstić information content (AvgIpc) is 2.52. The van der Waals surface area contributed by atoms with Crippen molar-refractivity contribution in [1.82, 2.24) is 9.62 Å². The second kappa shape index (κ2) is 6.88. The number of piperidine rings is 1. The topological polar surface area (TPSA) is 75.7 Å². The SMILES string of the molecule is CNS(=O)(=O)c1cc(C(=O)N2CC(C)CC(C)C2)ccc1OC. The number of likely N-dealkylation sites (tertiary alicyclic amines) is 1. The minimum atomic E-state index is -3.69. The average molecular weight is 340 g/mol. The van der Waals surface area contributed by atoms with Crippen molar-refractivity contribution in [3.05, 3.63) is 23.8 Å². The Morgan fingerprint density at radius 1 is 1.26 bits per heavy atom. The summed E-state index contributed by atoms with van der Waals surface area (Å²) in [6, 6.07) is 4.52.